The van der Waals surface area contributed by atoms with Crippen molar-refractivity contribution in [2.45, 2.75) is 84.1 Å². The van der Waals surface area contributed by atoms with Gasteiger partial charge in [0.2, 0.25) is 0 Å². The Morgan fingerprint density at radius 3 is 1.63 bits per heavy atom. The lowest BCUT2D eigenvalue weighted by molar-refractivity contribution is -0.0857. The zero-order chi connectivity index (χ0) is 37.1. The number of benzene rings is 4. The molecule has 0 heterocycles. The van der Waals surface area contributed by atoms with Crippen molar-refractivity contribution in [3.05, 3.63) is 162 Å². The summed E-state index contributed by atoms with van der Waals surface area (Å²) in [4.78, 5) is 0. The van der Waals surface area contributed by atoms with Crippen LogP contribution < -0.4 is 4.74 Å². The van der Waals surface area contributed by atoms with Crippen LogP contribution in [0.25, 0.3) is 0 Å². The summed E-state index contributed by atoms with van der Waals surface area (Å²) in [7, 11) is -0.535. The molecule has 0 spiro atoms. The van der Waals surface area contributed by atoms with Gasteiger partial charge in [0.05, 0.1) is 32.5 Å². The van der Waals surface area contributed by atoms with Gasteiger partial charge in [0.1, 0.15) is 11.4 Å². The van der Waals surface area contributed by atoms with E-state index in [-0.39, 0.29) is 35.0 Å². The molecule has 0 saturated carbocycles. The van der Waals surface area contributed by atoms with Crippen LogP contribution >= 0.6 is 0 Å². The van der Waals surface area contributed by atoms with E-state index in [1.807, 2.05) is 24.3 Å². The molecule has 0 aliphatic heterocycles. The molecule has 0 amide bonds. The molecule has 0 aliphatic carbocycles. The van der Waals surface area contributed by atoms with Crippen molar-refractivity contribution < 1.29 is 18.6 Å². The molecule has 51 heavy (non-hydrogen) atoms. The second kappa shape index (κ2) is 18.1. The van der Waals surface area contributed by atoms with E-state index in [4.69, 9.17) is 18.6 Å². The normalized spacial score (nSPS) is 15.5. The van der Waals surface area contributed by atoms with Gasteiger partial charge in [0, 0.05) is 17.8 Å². The third-order valence-electron chi connectivity index (χ3n) is 10.6. The Hall–Kier alpha value is -3.74. The lowest BCUT2D eigenvalue weighted by Crippen LogP contribution is -2.51. The summed E-state index contributed by atoms with van der Waals surface area (Å²) in [5.41, 5.74) is 3.56. The molecule has 5 atom stereocenters. The van der Waals surface area contributed by atoms with Crippen LogP contribution in [-0.4, -0.2) is 34.2 Å². The third kappa shape index (κ3) is 9.98. The van der Waals surface area contributed by atoms with Crippen molar-refractivity contribution in [2.75, 3.05) is 13.7 Å². The summed E-state index contributed by atoms with van der Waals surface area (Å²) in [5, 5.41) is 0.0290. The van der Waals surface area contributed by atoms with Gasteiger partial charge in [-0.25, -0.2) is 0 Å². The Labute approximate surface area is 309 Å². The lowest BCUT2D eigenvalue weighted by Gasteiger charge is -2.45. The molecule has 4 nitrogen and oxygen atoms in total. The molecular weight excluding hydrogens is 645 g/mol. The van der Waals surface area contributed by atoms with E-state index in [1.165, 1.54) is 0 Å². The predicted octanol–water partition coefficient (Wildman–Crippen LogP) is 11.6. The first-order valence-electron chi connectivity index (χ1n) is 18.4. The maximum Gasteiger partial charge on any atom is 0.192 e. The van der Waals surface area contributed by atoms with E-state index in [9.17, 15) is 0 Å². The highest BCUT2D eigenvalue weighted by Crippen LogP contribution is 2.43. The zero-order valence-electron chi connectivity index (χ0n) is 32.3. The summed E-state index contributed by atoms with van der Waals surface area (Å²) in [6.45, 7) is 23.3. The maximum atomic E-state index is 7.44. The van der Waals surface area contributed by atoms with E-state index in [0.717, 1.165) is 28.0 Å². The fourth-order valence-electron chi connectivity index (χ4n) is 6.63. The molecule has 0 aromatic heterocycles. The molecule has 0 N–H and O–H groups in total. The van der Waals surface area contributed by atoms with Crippen LogP contribution in [0.3, 0.4) is 0 Å². The van der Waals surface area contributed by atoms with Gasteiger partial charge in [-0.15, -0.1) is 0 Å². The largest absolute Gasteiger partial charge is 0.497 e. The molecule has 4 aromatic rings. The number of allylic oxidation sites excluding steroid dienone is 2. The van der Waals surface area contributed by atoms with Crippen molar-refractivity contribution in [2.24, 2.45) is 17.8 Å². The summed E-state index contributed by atoms with van der Waals surface area (Å²) in [5.74, 6) is 1.03. The highest BCUT2D eigenvalue weighted by molar-refractivity contribution is 6.74. The average Bonchev–Trinajstić information content (AvgIpc) is 3.14. The fraction of sp³-hybridized carbons (Fsp3) is 0.391. The molecule has 0 aliphatic rings. The topological polar surface area (TPSA) is 36.9 Å². The van der Waals surface area contributed by atoms with Crippen LogP contribution in [0.2, 0.25) is 18.1 Å². The number of ether oxygens (including phenoxy) is 3. The van der Waals surface area contributed by atoms with E-state index in [1.54, 1.807) is 7.11 Å². The minimum absolute atomic E-state index is 0.0290. The van der Waals surface area contributed by atoms with Crippen molar-refractivity contribution in [1.29, 1.82) is 0 Å². The van der Waals surface area contributed by atoms with Crippen LogP contribution in [-0.2, 0) is 26.1 Å². The predicted molar refractivity (Wildman–Crippen MR) is 216 cm³/mol. The van der Waals surface area contributed by atoms with Gasteiger partial charge in [-0.1, -0.05) is 169 Å². The van der Waals surface area contributed by atoms with Gasteiger partial charge in [-0.05, 0) is 52.5 Å². The Balaban J connectivity index is 1.75. The smallest absolute Gasteiger partial charge is 0.192 e. The van der Waals surface area contributed by atoms with Crippen molar-refractivity contribution in [3.8, 4) is 5.75 Å². The third-order valence-corrected chi connectivity index (χ3v) is 15.1. The Bertz CT molecular complexity index is 1530. The van der Waals surface area contributed by atoms with Crippen LogP contribution in [0, 0.1) is 17.8 Å². The highest BCUT2D eigenvalue weighted by Gasteiger charge is 2.45. The first kappa shape index (κ1) is 40.0. The number of hydrogen-bond acceptors (Lipinski definition) is 4. The molecule has 0 unspecified atom stereocenters. The van der Waals surface area contributed by atoms with Gasteiger partial charge in [0.25, 0.3) is 0 Å². The zero-order valence-corrected chi connectivity index (χ0v) is 33.3. The van der Waals surface area contributed by atoms with Crippen molar-refractivity contribution in [3.63, 3.8) is 0 Å². The Morgan fingerprint density at radius 1 is 0.706 bits per heavy atom. The highest BCUT2D eigenvalue weighted by atomic mass is 28.4. The minimum atomic E-state index is -2.22. The maximum absolute atomic E-state index is 7.44. The number of methoxy groups -OCH3 is 1. The molecule has 4 rings (SSSR count). The Kier molecular flexibility index (Phi) is 14.2. The average molecular weight is 705 g/mol. The van der Waals surface area contributed by atoms with Gasteiger partial charge >= 0.3 is 0 Å². The standard InChI is InChI=1S/C46H60O4Si/c1-11-12-22-35(2)43(48-34-38-29-31-42(47-8)32-30-38)37(4)44(50-51(9,10)45(5,6)7)36(3)33-49-46(39-23-16-13-17-24-39,40-25-18-14-19-26-40)41-27-20-15-21-28-41/h11-32,35-37,43-44H,1,33-34H2,2-10H3/b22-12-/t35-,36-,37+,43-,44+/m0/s1. The van der Waals surface area contributed by atoms with Gasteiger partial charge in [-0.2, -0.15) is 0 Å². The molecular formula is C46H60O4Si. The number of hydrogen-bond donors (Lipinski definition) is 0. The second-order valence-electron chi connectivity index (χ2n) is 15.4. The van der Waals surface area contributed by atoms with Crippen molar-refractivity contribution >= 4 is 8.32 Å². The molecule has 0 radical (unpaired) electrons. The molecule has 4 aromatic carbocycles. The summed E-state index contributed by atoms with van der Waals surface area (Å²) in [6.07, 6.45) is 5.79. The molecule has 272 valence electrons. The minimum Gasteiger partial charge on any atom is -0.497 e. The van der Waals surface area contributed by atoms with E-state index in [0.29, 0.717) is 13.2 Å². The van der Waals surface area contributed by atoms with Crippen LogP contribution in [0.1, 0.15) is 63.8 Å². The lowest BCUT2D eigenvalue weighted by atomic mass is 9.79. The molecule has 0 fully saturated rings. The monoisotopic (exact) mass is 704 g/mol. The van der Waals surface area contributed by atoms with E-state index < -0.39 is 13.9 Å². The fourth-order valence-corrected chi connectivity index (χ4v) is 8.11. The molecule has 0 bridgehead atoms. The Morgan fingerprint density at radius 2 is 1.20 bits per heavy atom. The van der Waals surface area contributed by atoms with E-state index in [2.05, 4.69) is 170 Å². The summed E-state index contributed by atoms with van der Waals surface area (Å²) >= 11 is 0. The van der Waals surface area contributed by atoms with Crippen molar-refractivity contribution in [1.82, 2.24) is 0 Å². The van der Waals surface area contributed by atoms with Gasteiger partial charge in [0.15, 0.2) is 8.32 Å². The van der Waals surface area contributed by atoms with E-state index >= 15 is 0 Å². The first-order chi connectivity index (χ1) is 24.3. The number of rotatable bonds is 18. The van der Waals surface area contributed by atoms with Crippen LogP contribution in [0.15, 0.2) is 140 Å². The van der Waals surface area contributed by atoms with Crippen LogP contribution in [0.5, 0.6) is 5.75 Å². The SMILES string of the molecule is C=C/C=C\[C@H](C)[C@H](OCc1ccc(OC)cc1)[C@@H](C)[C@H](O[Si](C)(C)C(C)(C)C)[C@@H](C)COC(c1ccccc1)(c1ccccc1)c1ccccc1. The summed E-state index contributed by atoms with van der Waals surface area (Å²) in [6, 6.07) is 39.9. The molecule has 5 heteroatoms. The van der Waals surface area contributed by atoms with Gasteiger partial charge < -0.3 is 18.6 Å². The second-order valence-corrected chi connectivity index (χ2v) is 20.1. The van der Waals surface area contributed by atoms with Gasteiger partial charge in [-0.3, -0.25) is 0 Å². The first-order valence-corrected chi connectivity index (χ1v) is 21.3. The molecule has 0 saturated heterocycles. The van der Waals surface area contributed by atoms with Crippen LogP contribution in [0.4, 0.5) is 0 Å². The quantitative estimate of drug-likeness (QED) is 0.0587. The summed E-state index contributed by atoms with van der Waals surface area (Å²) < 4.78 is 27.1.